The molecule has 0 radical (unpaired) electrons. The molecule has 1 nitrogen and oxygen atoms in total. The molecule has 4 aromatic carbocycles. The number of hydrogen-bond donors (Lipinski definition) is 0. The topological polar surface area (TPSA) is 4.93 Å². The molecule has 5 aromatic rings. The van der Waals surface area contributed by atoms with E-state index in [1.165, 1.54) is 0 Å². The van der Waals surface area contributed by atoms with Gasteiger partial charge >= 0.3 is 0 Å². The van der Waals surface area contributed by atoms with Gasteiger partial charge in [-0.15, -0.1) is 18.5 Å². The third-order valence-corrected chi connectivity index (χ3v) is 7.57. The van der Waals surface area contributed by atoms with Crippen molar-refractivity contribution in [3.8, 4) is 16.8 Å². The van der Waals surface area contributed by atoms with Crippen molar-refractivity contribution in [2.24, 2.45) is 0 Å². The fourth-order valence-electron chi connectivity index (χ4n) is 4.03. The van der Waals surface area contributed by atoms with Crippen LogP contribution in [-0.4, -0.2) is 4.57 Å². The Kier molecular flexibility index (Phi) is 5.70. The molecule has 0 aliphatic rings. The molecule has 0 aliphatic heterocycles. The smallest absolute Gasteiger partial charge is 0.195 e. The molecular weight excluding hydrogens is 581 g/mol. The van der Waals surface area contributed by atoms with Crippen LogP contribution >= 0.6 is 50.3 Å². The number of nitrogens with zero attached hydrogens (tertiary/aromatic N) is 1. The van der Waals surface area contributed by atoms with Crippen molar-refractivity contribution in [2.75, 3.05) is 0 Å². The van der Waals surface area contributed by atoms with Crippen LogP contribution in [0.4, 0.5) is 13.2 Å². The van der Waals surface area contributed by atoms with E-state index in [1.54, 1.807) is 12.1 Å². The Hall–Kier alpha value is -1.71. The Bertz CT molecular complexity index is 1460. The number of benzene rings is 4. The van der Waals surface area contributed by atoms with Gasteiger partial charge < -0.3 is 4.57 Å². The molecule has 0 saturated heterocycles. The van der Waals surface area contributed by atoms with Crippen molar-refractivity contribution >= 4 is 82.8 Å². The molecule has 0 bridgehead atoms. The molecule has 0 aliphatic carbocycles. The minimum atomic E-state index is -1.47. The van der Waals surface area contributed by atoms with Crippen LogP contribution in [0.5, 0.6) is 0 Å². The van der Waals surface area contributed by atoms with Crippen molar-refractivity contribution in [2.45, 2.75) is 0 Å². The third-order valence-electron chi connectivity index (χ3n) is 5.50. The van der Waals surface area contributed by atoms with Crippen LogP contribution in [0.1, 0.15) is 0 Å². The van der Waals surface area contributed by atoms with E-state index in [0.29, 0.717) is 11.1 Å². The highest BCUT2D eigenvalue weighted by Gasteiger charge is 2.21. The first kappa shape index (κ1) is 22.1. The Morgan fingerprint density at radius 3 is 1.56 bits per heavy atom. The number of halogens is 5. The van der Waals surface area contributed by atoms with Crippen LogP contribution in [0.2, 0.25) is 0 Å². The van der Waals surface area contributed by atoms with E-state index in [-0.39, 0.29) is 10.6 Å². The molecule has 5 rings (SSSR count). The van der Waals surface area contributed by atoms with Crippen LogP contribution in [0.15, 0.2) is 69.6 Å². The third kappa shape index (κ3) is 3.44. The van der Waals surface area contributed by atoms with Crippen LogP contribution in [-0.2, 0) is 0 Å². The molecule has 32 heavy (non-hydrogen) atoms. The van der Waals surface area contributed by atoms with Gasteiger partial charge in [0.2, 0.25) is 0 Å². The zero-order valence-electron chi connectivity index (χ0n) is 16.3. The summed E-state index contributed by atoms with van der Waals surface area (Å²) in [4.78, 5) is 0. The second-order valence-corrected chi connectivity index (χ2v) is 10.3. The van der Waals surface area contributed by atoms with Crippen molar-refractivity contribution < 1.29 is 13.2 Å². The molecule has 0 amide bonds. The number of hydrogen-bond acceptors (Lipinski definition) is 0. The van der Waals surface area contributed by atoms with Gasteiger partial charge in [0.15, 0.2) is 17.5 Å². The van der Waals surface area contributed by atoms with E-state index in [1.807, 2.05) is 36.4 Å². The van der Waals surface area contributed by atoms with Crippen LogP contribution in [0, 0.1) is 17.5 Å². The Morgan fingerprint density at radius 2 is 1.09 bits per heavy atom. The van der Waals surface area contributed by atoms with E-state index in [0.717, 1.165) is 36.4 Å². The van der Waals surface area contributed by atoms with Gasteiger partial charge in [0, 0.05) is 41.6 Å². The highest BCUT2D eigenvalue weighted by Crippen LogP contribution is 2.36. The molecule has 0 saturated carbocycles. The van der Waals surface area contributed by atoms with Crippen LogP contribution in [0.3, 0.4) is 0 Å². The van der Waals surface area contributed by atoms with E-state index in [4.69, 9.17) is 0 Å². The fourth-order valence-corrected chi connectivity index (χ4v) is 5.82. The van der Waals surface area contributed by atoms with Gasteiger partial charge in [-0.25, -0.2) is 13.2 Å². The van der Waals surface area contributed by atoms with Gasteiger partial charge in [0.05, 0.1) is 11.0 Å². The second kappa shape index (κ2) is 8.25. The zero-order valence-corrected chi connectivity index (χ0v) is 21.7. The standard InChI is InChI=1S/C24H14Br2F3NP2/c25-12-3-7-17-15(9-12)16-10-13(26)4-8-18(16)30(17)14-5-1-11(2-6-14)19-23(31)21(28)20(27)22(29)24(19)32/h1-10H,31-32H2. The van der Waals surface area contributed by atoms with Gasteiger partial charge in [0.25, 0.3) is 0 Å². The minimum absolute atomic E-state index is 0.00628. The van der Waals surface area contributed by atoms with Crippen molar-refractivity contribution in [3.05, 3.63) is 87.1 Å². The van der Waals surface area contributed by atoms with E-state index >= 15 is 0 Å². The Labute approximate surface area is 203 Å². The second-order valence-electron chi connectivity index (χ2n) is 7.35. The summed E-state index contributed by atoms with van der Waals surface area (Å²) in [7, 11) is 4.35. The summed E-state index contributed by atoms with van der Waals surface area (Å²) in [5, 5.41) is 2.19. The molecule has 0 N–H and O–H groups in total. The van der Waals surface area contributed by atoms with Crippen LogP contribution < -0.4 is 10.6 Å². The minimum Gasteiger partial charge on any atom is -0.309 e. The zero-order chi connectivity index (χ0) is 22.7. The maximum Gasteiger partial charge on any atom is 0.195 e. The summed E-state index contributed by atoms with van der Waals surface area (Å²) < 4.78 is 46.2. The highest BCUT2D eigenvalue weighted by atomic mass is 79.9. The lowest BCUT2D eigenvalue weighted by atomic mass is 10.0. The first-order valence-corrected chi connectivity index (χ1v) is 12.2. The quantitative estimate of drug-likeness (QED) is 0.148. The van der Waals surface area contributed by atoms with Gasteiger partial charge in [-0.05, 0) is 54.1 Å². The van der Waals surface area contributed by atoms with Gasteiger partial charge in [-0.1, -0.05) is 44.0 Å². The summed E-state index contributed by atoms with van der Waals surface area (Å²) in [6.07, 6.45) is 0. The van der Waals surface area contributed by atoms with E-state index in [9.17, 15) is 13.2 Å². The number of rotatable bonds is 2. The normalized spacial score (nSPS) is 11.6. The lowest BCUT2D eigenvalue weighted by Crippen LogP contribution is -2.19. The molecule has 0 fully saturated rings. The molecule has 1 heterocycles. The molecule has 2 unspecified atom stereocenters. The average molecular weight is 595 g/mol. The molecule has 8 heteroatoms. The van der Waals surface area contributed by atoms with Gasteiger partial charge in [-0.2, -0.15) is 0 Å². The summed E-state index contributed by atoms with van der Waals surface area (Å²) >= 11 is 7.11. The summed E-state index contributed by atoms with van der Waals surface area (Å²) in [6.45, 7) is 0. The molecule has 0 spiro atoms. The predicted octanol–water partition coefficient (Wildman–Crippen LogP) is 7.39. The van der Waals surface area contributed by atoms with E-state index < -0.39 is 17.5 Å². The van der Waals surface area contributed by atoms with E-state index in [2.05, 4.69) is 67.0 Å². The first-order chi connectivity index (χ1) is 15.3. The number of fused-ring (bicyclic) bond motifs is 3. The van der Waals surface area contributed by atoms with Crippen molar-refractivity contribution in [3.63, 3.8) is 0 Å². The fraction of sp³-hybridized carbons (Fsp3) is 0. The Balaban J connectivity index is 1.72. The highest BCUT2D eigenvalue weighted by molar-refractivity contribution is 9.10. The maximum atomic E-state index is 14.2. The maximum absolute atomic E-state index is 14.2. The molecular formula is C24H14Br2F3NP2. The lowest BCUT2D eigenvalue weighted by Gasteiger charge is -2.14. The number of aromatic nitrogens is 1. The summed E-state index contributed by atoms with van der Waals surface area (Å²) in [5.41, 5.74) is 3.86. The van der Waals surface area contributed by atoms with Crippen molar-refractivity contribution in [1.82, 2.24) is 4.57 Å². The van der Waals surface area contributed by atoms with Crippen molar-refractivity contribution in [1.29, 1.82) is 0 Å². The van der Waals surface area contributed by atoms with Crippen LogP contribution in [0.25, 0.3) is 38.6 Å². The van der Waals surface area contributed by atoms with Gasteiger partial charge in [0.1, 0.15) is 0 Å². The summed E-state index contributed by atoms with van der Waals surface area (Å²) in [6, 6.07) is 19.6. The first-order valence-electron chi connectivity index (χ1n) is 9.49. The Morgan fingerprint density at radius 1 is 0.625 bits per heavy atom. The average Bonchev–Trinajstić information content (AvgIpc) is 3.10. The lowest BCUT2D eigenvalue weighted by molar-refractivity contribution is 0.455. The summed E-state index contributed by atoms with van der Waals surface area (Å²) in [5.74, 6) is -3.87. The molecule has 1 aromatic heterocycles. The van der Waals surface area contributed by atoms with Gasteiger partial charge in [-0.3, -0.25) is 0 Å². The molecule has 2 atom stereocenters. The largest absolute Gasteiger partial charge is 0.309 e. The molecule has 160 valence electrons. The predicted molar refractivity (Wildman–Crippen MR) is 140 cm³/mol. The SMILES string of the molecule is Fc1c(F)c(P)c(-c2ccc(-n3c4ccc(Br)cc4c4cc(Br)ccc43)cc2)c(P)c1F. The monoisotopic (exact) mass is 593 g/mol.